The van der Waals surface area contributed by atoms with Crippen molar-refractivity contribution in [2.45, 2.75) is 0 Å². The highest BCUT2D eigenvalue weighted by Gasteiger charge is 2.15. The van der Waals surface area contributed by atoms with Crippen molar-refractivity contribution in [3.8, 4) is 5.69 Å². The Labute approximate surface area is 121 Å². The van der Waals surface area contributed by atoms with Gasteiger partial charge >= 0.3 is 0 Å². The van der Waals surface area contributed by atoms with Gasteiger partial charge in [-0.25, -0.2) is 14.4 Å². The minimum Gasteiger partial charge on any atom is -0.369 e. The van der Waals surface area contributed by atoms with Crippen LogP contribution >= 0.6 is 27.5 Å². The molecule has 0 spiro atoms. The van der Waals surface area contributed by atoms with Crippen molar-refractivity contribution in [3.05, 3.63) is 45.8 Å². The molecule has 0 atom stereocenters. The summed E-state index contributed by atoms with van der Waals surface area (Å²) in [5.74, 6) is -0.290. The van der Waals surface area contributed by atoms with E-state index in [9.17, 15) is 4.39 Å². The molecule has 0 aliphatic heterocycles. The molecular weight excluding hydrogens is 335 g/mol. The van der Waals surface area contributed by atoms with Crippen molar-refractivity contribution in [3.63, 3.8) is 0 Å². The first-order chi connectivity index (χ1) is 9.06. The van der Waals surface area contributed by atoms with E-state index < -0.39 is 5.82 Å². The van der Waals surface area contributed by atoms with Crippen molar-refractivity contribution in [1.29, 1.82) is 0 Å². The molecule has 2 heterocycles. The molecule has 0 amide bonds. The van der Waals surface area contributed by atoms with Crippen LogP contribution in [0.4, 0.5) is 10.3 Å². The zero-order valence-corrected chi connectivity index (χ0v) is 11.8. The molecule has 19 heavy (non-hydrogen) atoms. The monoisotopic (exact) mass is 340 g/mol. The standard InChI is InChI=1S/C12H7BrClFN4/c13-6-3-9-11(17-5-6)19(12(16)18-9)10-4-7(14)1-2-8(10)15/h1-5H,(H2,16,18). The van der Waals surface area contributed by atoms with E-state index in [4.69, 9.17) is 17.3 Å². The Morgan fingerprint density at radius 3 is 2.89 bits per heavy atom. The SMILES string of the molecule is Nc1nc2cc(Br)cnc2n1-c1cc(Cl)ccc1F. The topological polar surface area (TPSA) is 56.7 Å². The van der Waals surface area contributed by atoms with Gasteiger partial charge in [-0.15, -0.1) is 0 Å². The molecule has 0 saturated carbocycles. The van der Waals surface area contributed by atoms with Crippen LogP contribution in [0.1, 0.15) is 0 Å². The summed E-state index contributed by atoms with van der Waals surface area (Å²) in [5, 5.41) is 0.412. The number of rotatable bonds is 1. The van der Waals surface area contributed by atoms with E-state index in [0.717, 1.165) is 4.47 Å². The van der Waals surface area contributed by atoms with Crippen molar-refractivity contribution >= 4 is 44.6 Å². The van der Waals surface area contributed by atoms with E-state index in [-0.39, 0.29) is 11.6 Å². The average molecular weight is 342 g/mol. The van der Waals surface area contributed by atoms with Crippen LogP contribution in [0.25, 0.3) is 16.9 Å². The average Bonchev–Trinajstić information content (AvgIpc) is 2.67. The molecule has 2 N–H and O–H groups in total. The summed E-state index contributed by atoms with van der Waals surface area (Å²) >= 11 is 9.19. The van der Waals surface area contributed by atoms with Gasteiger partial charge in [0.2, 0.25) is 5.95 Å². The number of halogens is 3. The first-order valence-corrected chi connectivity index (χ1v) is 6.48. The second-order valence-electron chi connectivity index (χ2n) is 3.90. The molecule has 2 aromatic heterocycles. The van der Waals surface area contributed by atoms with Gasteiger partial charge in [-0.1, -0.05) is 11.6 Å². The van der Waals surface area contributed by atoms with Crippen LogP contribution in [0, 0.1) is 5.82 Å². The van der Waals surface area contributed by atoms with Gasteiger partial charge in [0.25, 0.3) is 0 Å². The Morgan fingerprint density at radius 2 is 2.11 bits per heavy atom. The molecule has 0 saturated heterocycles. The molecule has 0 bridgehead atoms. The summed E-state index contributed by atoms with van der Waals surface area (Å²) in [6.07, 6.45) is 1.60. The fourth-order valence-electron chi connectivity index (χ4n) is 1.85. The molecular formula is C12H7BrClFN4. The van der Waals surface area contributed by atoms with Gasteiger partial charge in [0.1, 0.15) is 11.3 Å². The van der Waals surface area contributed by atoms with Gasteiger partial charge in [0.15, 0.2) is 5.65 Å². The minimum absolute atomic E-state index is 0.154. The number of anilines is 1. The number of fused-ring (bicyclic) bond motifs is 1. The zero-order chi connectivity index (χ0) is 13.6. The van der Waals surface area contributed by atoms with Crippen molar-refractivity contribution < 1.29 is 4.39 Å². The van der Waals surface area contributed by atoms with Crippen LogP contribution in [0.3, 0.4) is 0 Å². The zero-order valence-electron chi connectivity index (χ0n) is 9.44. The van der Waals surface area contributed by atoms with Crippen LogP contribution in [0.2, 0.25) is 5.02 Å². The highest BCUT2D eigenvalue weighted by atomic mass is 79.9. The molecule has 0 radical (unpaired) electrons. The van der Waals surface area contributed by atoms with Crippen LogP contribution in [-0.4, -0.2) is 14.5 Å². The van der Waals surface area contributed by atoms with Crippen molar-refractivity contribution in [1.82, 2.24) is 14.5 Å². The number of imidazole rings is 1. The molecule has 1 aromatic carbocycles. The van der Waals surface area contributed by atoms with Crippen LogP contribution in [-0.2, 0) is 0 Å². The Hall–Kier alpha value is -1.66. The normalized spacial score (nSPS) is 11.1. The fourth-order valence-corrected chi connectivity index (χ4v) is 2.34. The first-order valence-electron chi connectivity index (χ1n) is 5.31. The number of hydrogen-bond donors (Lipinski definition) is 1. The molecule has 3 aromatic rings. The largest absolute Gasteiger partial charge is 0.369 e. The summed E-state index contributed by atoms with van der Waals surface area (Å²) < 4.78 is 16.1. The smallest absolute Gasteiger partial charge is 0.207 e. The molecule has 7 heteroatoms. The number of nitrogen functional groups attached to an aromatic ring is 1. The predicted molar refractivity (Wildman–Crippen MR) is 75.9 cm³/mol. The van der Waals surface area contributed by atoms with E-state index >= 15 is 0 Å². The lowest BCUT2D eigenvalue weighted by atomic mass is 10.3. The predicted octanol–water partition coefficient (Wildman–Crippen LogP) is 3.56. The van der Waals surface area contributed by atoms with E-state index in [1.165, 1.54) is 22.8 Å². The molecule has 0 aliphatic carbocycles. The fraction of sp³-hybridized carbons (Fsp3) is 0. The lowest BCUT2D eigenvalue weighted by Gasteiger charge is -2.07. The molecule has 96 valence electrons. The van der Waals surface area contributed by atoms with Crippen molar-refractivity contribution in [2.75, 3.05) is 5.73 Å². The van der Waals surface area contributed by atoms with Crippen LogP contribution in [0.5, 0.6) is 0 Å². The van der Waals surface area contributed by atoms with Crippen LogP contribution in [0.15, 0.2) is 34.9 Å². The second-order valence-corrected chi connectivity index (χ2v) is 5.25. The van der Waals surface area contributed by atoms with Crippen molar-refractivity contribution in [2.24, 2.45) is 0 Å². The van der Waals surface area contributed by atoms with Crippen LogP contribution < -0.4 is 5.73 Å². The summed E-state index contributed by atoms with van der Waals surface area (Å²) in [6, 6.07) is 6.00. The lowest BCUT2D eigenvalue weighted by molar-refractivity contribution is 0.619. The second kappa shape index (κ2) is 4.47. The highest BCUT2D eigenvalue weighted by Crippen LogP contribution is 2.26. The third kappa shape index (κ3) is 2.06. The maximum atomic E-state index is 13.9. The van der Waals surface area contributed by atoms with E-state index in [0.29, 0.717) is 16.2 Å². The Morgan fingerprint density at radius 1 is 1.32 bits per heavy atom. The summed E-state index contributed by atoms with van der Waals surface area (Å²) in [5.41, 5.74) is 7.11. The lowest BCUT2D eigenvalue weighted by Crippen LogP contribution is -2.03. The quantitative estimate of drug-likeness (QED) is 0.736. The molecule has 0 unspecified atom stereocenters. The molecule has 0 fully saturated rings. The van der Waals surface area contributed by atoms with Gasteiger partial charge in [0, 0.05) is 15.7 Å². The number of pyridine rings is 1. The first kappa shape index (κ1) is 12.4. The van der Waals surface area contributed by atoms with Gasteiger partial charge < -0.3 is 5.73 Å². The minimum atomic E-state index is -0.444. The maximum absolute atomic E-state index is 13.9. The number of aromatic nitrogens is 3. The van der Waals surface area contributed by atoms with Gasteiger partial charge in [-0.05, 0) is 40.2 Å². The van der Waals surface area contributed by atoms with E-state index in [2.05, 4.69) is 25.9 Å². The molecule has 0 aliphatic rings. The molecule has 3 rings (SSSR count). The Bertz CT molecular complexity index is 787. The summed E-state index contributed by atoms with van der Waals surface area (Å²) in [4.78, 5) is 8.37. The van der Waals surface area contributed by atoms with Gasteiger partial charge in [-0.3, -0.25) is 4.57 Å². The Balaban J connectivity index is 2.36. The summed E-state index contributed by atoms with van der Waals surface area (Å²) in [7, 11) is 0. The third-order valence-corrected chi connectivity index (χ3v) is 3.31. The number of nitrogens with zero attached hydrogens (tertiary/aromatic N) is 3. The summed E-state index contributed by atoms with van der Waals surface area (Å²) in [6.45, 7) is 0. The van der Waals surface area contributed by atoms with E-state index in [1.54, 1.807) is 12.3 Å². The maximum Gasteiger partial charge on any atom is 0.207 e. The Kier molecular flexibility index (Phi) is 2.91. The number of hydrogen-bond acceptors (Lipinski definition) is 3. The third-order valence-electron chi connectivity index (χ3n) is 2.64. The highest BCUT2D eigenvalue weighted by molar-refractivity contribution is 9.10. The number of benzene rings is 1. The molecule has 4 nitrogen and oxygen atoms in total. The van der Waals surface area contributed by atoms with E-state index in [1.807, 2.05) is 0 Å². The van der Waals surface area contributed by atoms with Gasteiger partial charge in [0.05, 0.1) is 5.69 Å². The van der Waals surface area contributed by atoms with Gasteiger partial charge in [-0.2, -0.15) is 0 Å². The number of nitrogens with two attached hydrogens (primary N) is 1.